The molecule has 0 aliphatic heterocycles. The van der Waals surface area contributed by atoms with Crippen molar-refractivity contribution in [3.8, 4) is 22.6 Å². The van der Waals surface area contributed by atoms with E-state index in [0.717, 1.165) is 11.5 Å². The summed E-state index contributed by atoms with van der Waals surface area (Å²) in [7, 11) is 0. The molecule has 0 N–H and O–H groups in total. The van der Waals surface area contributed by atoms with Crippen molar-refractivity contribution >= 4 is 0 Å². The Bertz CT molecular complexity index is 748. The largest absolute Gasteiger partial charge is 0.457 e. The van der Waals surface area contributed by atoms with Crippen molar-refractivity contribution in [3.63, 3.8) is 0 Å². The molecule has 0 aliphatic carbocycles. The lowest BCUT2D eigenvalue weighted by atomic mass is 9.94. The van der Waals surface area contributed by atoms with Crippen LogP contribution in [0, 0.1) is 20.8 Å². The van der Waals surface area contributed by atoms with Crippen molar-refractivity contribution in [2.75, 3.05) is 0 Å². The highest BCUT2D eigenvalue weighted by Crippen LogP contribution is 2.30. The summed E-state index contributed by atoms with van der Waals surface area (Å²) in [5.74, 6) is 1.72. The fourth-order valence-electron chi connectivity index (χ4n) is 2.95. The lowest BCUT2D eigenvalue weighted by Crippen LogP contribution is -1.90. The highest BCUT2D eigenvalue weighted by atomic mass is 16.5. The molecule has 3 aromatic carbocycles. The first kappa shape index (κ1) is 14.4. The van der Waals surface area contributed by atoms with Crippen LogP contribution in [0.3, 0.4) is 0 Å². The normalized spacial score (nSPS) is 10.5. The van der Waals surface area contributed by atoms with Gasteiger partial charge in [0.1, 0.15) is 11.5 Å². The van der Waals surface area contributed by atoms with Gasteiger partial charge in [-0.15, -0.1) is 0 Å². The Kier molecular flexibility index (Phi) is 3.97. The number of hydrogen-bond acceptors (Lipinski definition) is 1. The van der Waals surface area contributed by atoms with Crippen LogP contribution in [0.15, 0.2) is 66.7 Å². The Morgan fingerprint density at radius 3 is 1.77 bits per heavy atom. The van der Waals surface area contributed by atoms with Gasteiger partial charge in [0, 0.05) is 0 Å². The van der Waals surface area contributed by atoms with Gasteiger partial charge < -0.3 is 4.74 Å². The first-order valence-corrected chi connectivity index (χ1v) is 7.54. The second kappa shape index (κ2) is 6.07. The van der Waals surface area contributed by atoms with Crippen LogP contribution >= 0.6 is 0 Å². The molecular formula is C21H20O. The molecule has 0 atom stereocenters. The first-order valence-electron chi connectivity index (χ1n) is 7.54. The molecular weight excluding hydrogens is 268 g/mol. The highest BCUT2D eigenvalue weighted by Gasteiger charge is 2.07. The maximum atomic E-state index is 5.85. The van der Waals surface area contributed by atoms with Crippen LogP contribution in [0.2, 0.25) is 0 Å². The van der Waals surface area contributed by atoms with E-state index < -0.39 is 0 Å². The average molecular weight is 288 g/mol. The van der Waals surface area contributed by atoms with Crippen LogP contribution in [0.5, 0.6) is 11.5 Å². The van der Waals surface area contributed by atoms with E-state index in [2.05, 4.69) is 45.0 Å². The van der Waals surface area contributed by atoms with Crippen molar-refractivity contribution in [1.29, 1.82) is 0 Å². The first-order chi connectivity index (χ1) is 10.6. The van der Waals surface area contributed by atoms with Gasteiger partial charge in [-0.1, -0.05) is 48.0 Å². The van der Waals surface area contributed by atoms with Crippen molar-refractivity contribution < 1.29 is 4.74 Å². The number of aryl methyl sites for hydroxylation is 3. The average Bonchev–Trinajstić information content (AvgIpc) is 2.49. The summed E-state index contributed by atoms with van der Waals surface area (Å²) in [6.45, 7) is 6.48. The smallest absolute Gasteiger partial charge is 0.127 e. The Morgan fingerprint density at radius 2 is 1.18 bits per heavy atom. The summed E-state index contributed by atoms with van der Waals surface area (Å²) in [5, 5.41) is 0. The molecule has 0 unspecified atom stereocenters. The third-order valence-electron chi connectivity index (χ3n) is 3.80. The second-order valence-electron chi connectivity index (χ2n) is 5.71. The molecule has 0 saturated heterocycles. The predicted octanol–water partition coefficient (Wildman–Crippen LogP) is 6.07. The number of para-hydroxylation sites is 1. The topological polar surface area (TPSA) is 9.23 Å². The van der Waals surface area contributed by atoms with E-state index in [4.69, 9.17) is 4.74 Å². The van der Waals surface area contributed by atoms with E-state index in [1.165, 1.54) is 27.8 Å². The molecule has 22 heavy (non-hydrogen) atoms. The quantitative estimate of drug-likeness (QED) is 0.568. The lowest BCUT2D eigenvalue weighted by Gasteiger charge is -2.12. The lowest BCUT2D eigenvalue weighted by molar-refractivity contribution is 0.483. The summed E-state index contributed by atoms with van der Waals surface area (Å²) in [6, 6.07) is 22.6. The zero-order chi connectivity index (χ0) is 15.5. The monoisotopic (exact) mass is 288 g/mol. The molecule has 1 nitrogen and oxygen atoms in total. The summed E-state index contributed by atoms with van der Waals surface area (Å²) in [6.07, 6.45) is 0. The number of hydrogen-bond donors (Lipinski definition) is 0. The van der Waals surface area contributed by atoms with Crippen molar-refractivity contribution in [1.82, 2.24) is 0 Å². The molecule has 0 amide bonds. The summed E-state index contributed by atoms with van der Waals surface area (Å²) < 4.78 is 5.85. The van der Waals surface area contributed by atoms with Gasteiger partial charge in [-0.25, -0.2) is 0 Å². The minimum Gasteiger partial charge on any atom is -0.457 e. The van der Waals surface area contributed by atoms with Gasteiger partial charge in [0.2, 0.25) is 0 Å². The molecule has 0 fully saturated rings. The third-order valence-corrected chi connectivity index (χ3v) is 3.80. The van der Waals surface area contributed by atoms with Crippen LogP contribution in [0.1, 0.15) is 16.7 Å². The molecule has 3 aromatic rings. The Balaban J connectivity index is 1.89. The maximum Gasteiger partial charge on any atom is 0.127 e. The summed E-state index contributed by atoms with van der Waals surface area (Å²) >= 11 is 0. The highest BCUT2D eigenvalue weighted by molar-refractivity contribution is 5.71. The van der Waals surface area contributed by atoms with E-state index >= 15 is 0 Å². The minimum absolute atomic E-state index is 0.859. The molecule has 0 aromatic heterocycles. The molecule has 0 saturated carbocycles. The molecule has 110 valence electrons. The molecule has 0 aliphatic rings. The van der Waals surface area contributed by atoms with Gasteiger partial charge in [-0.3, -0.25) is 0 Å². The Morgan fingerprint density at radius 1 is 0.636 bits per heavy atom. The van der Waals surface area contributed by atoms with Gasteiger partial charge in [0.15, 0.2) is 0 Å². The van der Waals surface area contributed by atoms with Crippen molar-refractivity contribution in [2.45, 2.75) is 20.8 Å². The fourth-order valence-corrected chi connectivity index (χ4v) is 2.95. The van der Waals surface area contributed by atoms with Gasteiger partial charge in [-0.2, -0.15) is 0 Å². The molecule has 0 heterocycles. The van der Waals surface area contributed by atoms with Crippen LogP contribution < -0.4 is 4.74 Å². The van der Waals surface area contributed by atoms with Crippen LogP contribution in [0.25, 0.3) is 11.1 Å². The minimum atomic E-state index is 0.859. The van der Waals surface area contributed by atoms with Crippen LogP contribution in [-0.2, 0) is 0 Å². The molecule has 0 spiro atoms. The van der Waals surface area contributed by atoms with Gasteiger partial charge in [-0.05, 0) is 67.3 Å². The number of benzene rings is 3. The summed E-state index contributed by atoms with van der Waals surface area (Å²) in [4.78, 5) is 0. The van der Waals surface area contributed by atoms with Crippen LogP contribution in [-0.4, -0.2) is 0 Å². The van der Waals surface area contributed by atoms with Crippen LogP contribution in [0.4, 0.5) is 0 Å². The molecule has 3 rings (SSSR count). The standard InChI is InChI=1S/C21H20O/c1-15-13-16(2)21(17(3)14-15)18-9-11-20(12-10-18)22-19-7-5-4-6-8-19/h4-14H,1-3H3. The SMILES string of the molecule is Cc1cc(C)c(-c2ccc(Oc3ccccc3)cc2)c(C)c1. The molecule has 0 bridgehead atoms. The molecule has 0 radical (unpaired) electrons. The number of rotatable bonds is 3. The fraction of sp³-hybridized carbons (Fsp3) is 0.143. The van der Waals surface area contributed by atoms with E-state index in [-0.39, 0.29) is 0 Å². The summed E-state index contributed by atoms with van der Waals surface area (Å²) in [5.41, 5.74) is 6.48. The van der Waals surface area contributed by atoms with Gasteiger partial charge in [0.25, 0.3) is 0 Å². The Labute approximate surface area is 132 Å². The van der Waals surface area contributed by atoms with Crippen molar-refractivity contribution in [2.24, 2.45) is 0 Å². The second-order valence-corrected chi connectivity index (χ2v) is 5.71. The van der Waals surface area contributed by atoms with Gasteiger partial charge in [0.05, 0.1) is 0 Å². The van der Waals surface area contributed by atoms with E-state index in [0.29, 0.717) is 0 Å². The maximum absolute atomic E-state index is 5.85. The van der Waals surface area contributed by atoms with Crippen molar-refractivity contribution in [3.05, 3.63) is 83.4 Å². The van der Waals surface area contributed by atoms with E-state index in [9.17, 15) is 0 Å². The van der Waals surface area contributed by atoms with Gasteiger partial charge >= 0.3 is 0 Å². The predicted molar refractivity (Wildman–Crippen MR) is 92.6 cm³/mol. The molecule has 1 heteroatoms. The third kappa shape index (κ3) is 3.04. The zero-order valence-corrected chi connectivity index (χ0v) is 13.3. The number of ether oxygens (including phenoxy) is 1. The van der Waals surface area contributed by atoms with E-state index in [1.54, 1.807) is 0 Å². The Hall–Kier alpha value is -2.54. The van der Waals surface area contributed by atoms with E-state index in [1.807, 2.05) is 42.5 Å². The zero-order valence-electron chi connectivity index (χ0n) is 13.3.